The Balaban J connectivity index is 1.67. The van der Waals surface area contributed by atoms with Crippen molar-refractivity contribution in [1.82, 2.24) is 10.6 Å². The van der Waals surface area contributed by atoms with Gasteiger partial charge in [0.15, 0.2) is 0 Å². The molecule has 13 heavy (non-hydrogen) atoms. The van der Waals surface area contributed by atoms with E-state index >= 15 is 0 Å². The van der Waals surface area contributed by atoms with Crippen molar-refractivity contribution in [2.75, 3.05) is 13.1 Å². The molecule has 1 heterocycles. The molecule has 2 N–H and O–H groups in total. The van der Waals surface area contributed by atoms with E-state index in [9.17, 15) is 0 Å². The minimum Gasteiger partial charge on any atom is -0.312 e. The van der Waals surface area contributed by atoms with Gasteiger partial charge in [0.2, 0.25) is 0 Å². The van der Waals surface area contributed by atoms with Crippen molar-refractivity contribution in [3.05, 3.63) is 0 Å². The van der Waals surface area contributed by atoms with E-state index in [1.807, 2.05) is 0 Å². The minimum absolute atomic E-state index is 0.388. The molecule has 0 aromatic carbocycles. The third kappa shape index (κ3) is 2.23. The summed E-state index contributed by atoms with van der Waals surface area (Å²) in [6, 6.07) is 0.814. The Bertz CT molecular complexity index is 167. The van der Waals surface area contributed by atoms with Crippen LogP contribution in [0.3, 0.4) is 0 Å². The van der Waals surface area contributed by atoms with Crippen LogP contribution in [-0.4, -0.2) is 24.7 Å². The van der Waals surface area contributed by atoms with E-state index in [-0.39, 0.29) is 0 Å². The van der Waals surface area contributed by atoms with Crippen molar-refractivity contribution in [2.45, 2.75) is 51.1 Å². The number of rotatable bonds is 3. The molecule has 0 aromatic heterocycles. The Morgan fingerprint density at radius 2 is 2.23 bits per heavy atom. The fourth-order valence-corrected chi connectivity index (χ4v) is 2.55. The van der Waals surface area contributed by atoms with E-state index in [0.717, 1.165) is 18.5 Å². The highest BCUT2D eigenvalue weighted by atomic mass is 15.1. The predicted molar refractivity (Wildman–Crippen MR) is 55.8 cm³/mol. The molecule has 0 aromatic rings. The maximum atomic E-state index is 3.67. The van der Waals surface area contributed by atoms with Crippen molar-refractivity contribution in [1.29, 1.82) is 0 Å². The minimum atomic E-state index is 0.388. The standard InChI is InChI=1S/C11H22N2/c1-9-6-10(7-9)12-8-11(2)4-3-5-13-11/h9-10,12-13H,3-8H2,1-2H3. The zero-order valence-corrected chi connectivity index (χ0v) is 8.90. The second kappa shape index (κ2) is 3.58. The Kier molecular flexibility index (Phi) is 2.61. The monoisotopic (exact) mass is 182 g/mol. The van der Waals surface area contributed by atoms with Gasteiger partial charge in [-0.25, -0.2) is 0 Å². The van der Waals surface area contributed by atoms with E-state index in [1.54, 1.807) is 0 Å². The number of nitrogens with one attached hydrogen (secondary N) is 2. The molecule has 2 heteroatoms. The summed E-state index contributed by atoms with van der Waals surface area (Å²) in [7, 11) is 0. The Labute approximate surface area is 81.5 Å². The van der Waals surface area contributed by atoms with E-state index in [2.05, 4.69) is 24.5 Å². The number of hydrogen-bond acceptors (Lipinski definition) is 2. The maximum absolute atomic E-state index is 3.67. The van der Waals surface area contributed by atoms with Gasteiger partial charge < -0.3 is 10.6 Å². The average molecular weight is 182 g/mol. The molecule has 2 aliphatic rings. The molecule has 0 amide bonds. The summed E-state index contributed by atoms with van der Waals surface area (Å²) >= 11 is 0. The first kappa shape index (κ1) is 9.47. The van der Waals surface area contributed by atoms with Gasteiger partial charge in [-0.2, -0.15) is 0 Å². The van der Waals surface area contributed by atoms with Gasteiger partial charge in [0, 0.05) is 18.1 Å². The van der Waals surface area contributed by atoms with Crippen molar-refractivity contribution in [3.63, 3.8) is 0 Å². The largest absolute Gasteiger partial charge is 0.312 e. The van der Waals surface area contributed by atoms with Crippen LogP contribution in [0, 0.1) is 5.92 Å². The van der Waals surface area contributed by atoms with Gasteiger partial charge in [-0.15, -0.1) is 0 Å². The highest BCUT2D eigenvalue weighted by Crippen LogP contribution is 2.27. The molecular formula is C11H22N2. The van der Waals surface area contributed by atoms with Crippen LogP contribution >= 0.6 is 0 Å². The lowest BCUT2D eigenvalue weighted by atomic mass is 9.81. The van der Waals surface area contributed by atoms with E-state index < -0.39 is 0 Å². The lowest BCUT2D eigenvalue weighted by Crippen LogP contribution is -2.51. The first-order chi connectivity index (χ1) is 6.18. The van der Waals surface area contributed by atoms with E-state index in [0.29, 0.717) is 5.54 Å². The third-order valence-corrected chi connectivity index (χ3v) is 3.61. The molecule has 1 aliphatic heterocycles. The molecule has 2 nitrogen and oxygen atoms in total. The summed E-state index contributed by atoms with van der Waals surface area (Å²) in [4.78, 5) is 0. The van der Waals surface area contributed by atoms with Crippen LogP contribution in [0.25, 0.3) is 0 Å². The molecule has 2 fully saturated rings. The molecule has 1 saturated carbocycles. The summed E-state index contributed by atoms with van der Waals surface area (Å²) in [5.41, 5.74) is 0.388. The molecule has 1 atom stereocenters. The van der Waals surface area contributed by atoms with Crippen molar-refractivity contribution in [3.8, 4) is 0 Å². The molecule has 1 aliphatic carbocycles. The van der Waals surface area contributed by atoms with E-state index in [1.165, 1.54) is 32.2 Å². The lowest BCUT2D eigenvalue weighted by Gasteiger charge is -2.36. The van der Waals surface area contributed by atoms with Gasteiger partial charge in [-0.1, -0.05) is 6.92 Å². The van der Waals surface area contributed by atoms with Crippen LogP contribution in [0.5, 0.6) is 0 Å². The Hall–Kier alpha value is -0.0800. The summed E-state index contributed by atoms with van der Waals surface area (Å²) in [5.74, 6) is 0.960. The van der Waals surface area contributed by atoms with Crippen LogP contribution in [-0.2, 0) is 0 Å². The first-order valence-electron chi connectivity index (χ1n) is 5.66. The van der Waals surface area contributed by atoms with Gasteiger partial charge in [0.1, 0.15) is 0 Å². The quantitative estimate of drug-likeness (QED) is 0.691. The second-order valence-corrected chi connectivity index (χ2v) is 5.25. The summed E-state index contributed by atoms with van der Waals surface area (Å²) in [6.45, 7) is 7.05. The van der Waals surface area contributed by atoms with Crippen LogP contribution in [0.15, 0.2) is 0 Å². The van der Waals surface area contributed by atoms with Gasteiger partial charge in [-0.3, -0.25) is 0 Å². The average Bonchev–Trinajstić information content (AvgIpc) is 2.45. The Morgan fingerprint density at radius 1 is 1.46 bits per heavy atom. The fraction of sp³-hybridized carbons (Fsp3) is 1.00. The molecule has 0 radical (unpaired) electrons. The second-order valence-electron chi connectivity index (χ2n) is 5.25. The van der Waals surface area contributed by atoms with Crippen LogP contribution in [0.4, 0.5) is 0 Å². The highest BCUT2D eigenvalue weighted by Gasteiger charge is 2.31. The van der Waals surface area contributed by atoms with Crippen LogP contribution < -0.4 is 10.6 Å². The highest BCUT2D eigenvalue weighted by molar-refractivity contribution is 4.93. The molecule has 1 saturated heterocycles. The zero-order chi connectivity index (χ0) is 9.31. The topological polar surface area (TPSA) is 24.1 Å². The van der Waals surface area contributed by atoms with Gasteiger partial charge in [0.25, 0.3) is 0 Å². The van der Waals surface area contributed by atoms with Gasteiger partial charge in [0.05, 0.1) is 0 Å². The molecule has 2 rings (SSSR count). The van der Waals surface area contributed by atoms with Gasteiger partial charge >= 0.3 is 0 Å². The maximum Gasteiger partial charge on any atom is 0.0278 e. The fourth-order valence-electron chi connectivity index (χ4n) is 2.55. The van der Waals surface area contributed by atoms with Crippen LogP contribution in [0.2, 0.25) is 0 Å². The molecule has 76 valence electrons. The van der Waals surface area contributed by atoms with E-state index in [4.69, 9.17) is 0 Å². The molecule has 0 bridgehead atoms. The zero-order valence-electron chi connectivity index (χ0n) is 8.90. The SMILES string of the molecule is CC1CC(NCC2(C)CCCN2)C1. The third-order valence-electron chi connectivity index (χ3n) is 3.61. The lowest BCUT2D eigenvalue weighted by molar-refractivity contribution is 0.222. The van der Waals surface area contributed by atoms with Gasteiger partial charge in [-0.05, 0) is 45.1 Å². The predicted octanol–water partition coefficient (Wildman–Crippen LogP) is 1.52. The molecule has 0 spiro atoms. The molecular weight excluding hydrogens is 160 g/mol. The smallest absolute Gasteiger partial charge is 0.0278 e. The first-order valence-corrected chi connectivity index (χ1v) is 5.66. The number of hydrogen-bond donors (Lipinski definition) is 2. The normalized spacial score (nSPS) is 44.8. The Morgan fingerprint density at radius 3 is 2.77 bits per heavy atom. The summed E-state index contributed by atoms with van der Waals surface area (Å²) < 4.78 is 0. The van der Waals surface area contributed by atoms with Crippen molar-refractivity contribution < 1.29 is 0 Å². The molecule has 1 unspecified atom stereocenters. The van der Waals surface area contributed by atoms with Crippen molar-refractivity contribution >= 4 is 0 Å². The van der Waals surface area contributed by atoms with Crippen LogP contribution in [0.1, 0.15) is 39.5 Å². The summed E-state index contributed by atoms with van der Waals surface area (Å²) in [5, 5.41) is 7.25. The summed E-state index contributed by atoms with van der Waals surface area (Å²) in [6.07, 6.45) is 5.45. The van der Waals surface area contributed by atoms with Crippen molar-refractivity contribution in [2.24, 2.45) is 5.92 Å².